The minimum absolute atomic E-state index is 0.0845. The van der Waals surface area contributed by atoms with E-state index >= 15 is 0 Å². The highest BCUT2D eigenvalue weighted by molar-refractivity contribution is 5.66. The molecule has 0 saturated heterocycles. The van der Waals surface area contributed by atoms with Crippen LogP contribution >= 0.6 is 0 Å². The van der Waals surface area contributed by atoms with Gasteiger partial charge in [0.2, 0.25) is 0 Å². The Morgan fingerprint density at radius 1 is 1.19 bits per heavy atom. The molecule has 1 unspecified atom stereocenters. The first-order chi connectivity index (χ1) is 9.77. The van der Waals surface area contributed by atoms with Crippen LogP contribution in [0.2, 0.25) is 0 Å². The zero-order valence-corrected chi connectivity index (χ0v) is 13.6. The fourth-order valence-corrected chi connectivity index (χ4v) is 2.45. The second kappa shape index (κ2) is 7.46. The predicted molar refractivity (Wildman–Crippen MR) is 85.0 cm³/mol. The molecule has 21 heavy (non-hydrogen) atoms. The third kappa shape index (κ3) is 4.46. The molecule has 0 radical (unpaired) electrons. The minimum atomic E-state index is -0.813. The number of carboxylic acid groups (broad SMARTS) is 1. The van der Waals surface area contributed by atoms with E-state index in [9.17, 15) is 4.79 Å². The number of benzene rings is 1. The average molecular weight is 293 g/mol. The van der Waals surface area contributed by atoms with Crippen molar-refractivity contribution in [2.45, 2.75) is 58.4 Å². The van der Waals surface area contributed by atoms with Gasteiger partial charge in [-0.2, -0.15) is 0 Å². The van der Waals surface area contributed by atoms with Crippen molar-refractivity contribution in [3.05, 3.63) is 28.8 Å². The van der Waals surface area contributed by atoms with Crippen molar-refractivity contribution in [3.8, 4) is 5.75 Å². The van der Waals surface area contributed by atoms with Crippen LogP contribution < -0.4 is 10.5 Å². The van der Waals surface area contributed by atoms with E-state index in [2.05, 4.69) is 39.8 Å². The first-order valence-electron chi connectivity index (χ1n) is 7.47. The molecule has 0 heterocycles. The Kier molecular flexibility index (Phi) is 6.21. The summed E-state index contributed by atoms with van der Waals surface area (Å²) in [5.41, 5.74) is 9.42. The number of hydrogen-bond acceptors (Lipinski definition) is 3. The second-order valence-electron chi connectivity index (χ2n) is 6.08. The molecule has 1 aromatic rings. The van der Waals surface area contributed by atoms with Crippen LogP contribution in [0.5, 0.6) is 5.75 Å². The second-order valence-corrected chi connectivity index (χ2v) is 6.08. The zero-order chi connectivity index (χ0) is 16.2. The standard InChI is InChI=1S/C17H27NO3/c1-10(2)13-8-12(15(18)6-7-16(19)20)9-14(11(3)4)17(13)21-5/h8-11,15H,6-7,18H2,1-5H3,(H,19,20). The summed E-state index contributed by atoms with van der Waals surface area (Å²) in [6.45, 7) is 8.48. The molecule has 0 saturated carbocycles. The smallest absolute Gasteiger partial charge is 0.303 e. The van der Waals surface area contributed by atoms with E-state index in [-0.39, 0.29) is 12.5 Å². The maximum Gasteiger partial charge on any atom is 0.303 e. The lowest BCUT2D eigenvalue weighted by Gasteiger charge is -2.22. The Balaban J connectivity index is 3.24. The van der Waals surface area contributed by atoms with Gasteiger partial charge in [-0.25, -0.2) is 0 Å². The lowest BCUT2D eigenvalue weighted by molar-refractivity contribution is -0.137. The van der Waals surface area contributed by atoms with E-state index in [0.29, 0.717) is 18.3 Å². The van der Waals surface area contributed by atoms with Gasteiger partial charge in [-0.05, 0) is 34.9 Å². The Bertz CT molecular complexity index is 466. The van der Waals surface area contributed by atoms with Crippen LogP contribution in [-0.2, 0) is 4.79 Å². The summed E-state index contributed by atoms with van der Waals surface area (Å²) in [6.07, 6.45) is 0.526. The number of hydrogen-bond donors (Lipinski definition) is 2. The number of rotatable bonds is 7. The molecule has 4 nitrogen and oxygen atoms in total. The van der Waals surface area contributed by atoms with Gasteiger partial charge in [-0.3, -0.25) is 4.79 Å². The van der Waals surface area contributed by atoms with Crippen molar-refractivity contribution in [2.75, 3.05) is 7.11 Å². The Hall–Kier alpha value is -1.55. The molecule has 0 spiro atoms. The van der Waals surface area contributed by atoms with Crippen molar-refractivity contribution in [1.82, 2.24) is 0 Å². The quantitative estimate of drug-likeness (QED) is 0.802. The van der Waals surface area contributed by atoms with E-state index in [0.717, 1.165) is 22.4 Å². The third-order valence-electron chi connectivity index (χ3n) is 3.71. The lowest BCUT2D eigenvalue weighted by Crippen LogP contribution is -2.14. The summed E-state index contributed by atoms with van der Waals surface area (Å²) in [5.74, 6) is 0.759. The first kappa shape index (κ1) is 17.5. The van der Waals surface area contributed by atoms with Crippen LogP contribution in [0.25, 0.3) is 0 Å². The third-order valence-corrected chi connectivity index (χ3v) is 3.71. The highest BCUT2D eigenvalue weighted by Gasteiger charge is 2.19. The van der Waals surface area contributed by atoms with Gasteiger partial charge in [0.15, 0.2) is 0 Å². The number of aliphatic carboxylic acids is 1. The van der Waals surface area contributed by atoms with E-state index in [1.54, 1.807) is 7.11 Å². The van der Waals surface area contributed by atoms with Gasteiger partial charge in [0.25, 0.3) is 0 Å². The van der Waals surface area contributed by atoms with Gasteiger partial charge >= 0.3 is 5.97 Å². The first-order valence-corrected chi connectivity index (χ1v) is 7.47. The Morgan fingerprint density at radius 2 is 1.67 bits per heavy atom. The highest BCUT2D eigenvalue weighted by Crippen LogP contribution is 2.37. The SMILES string of the molecule is COc1c(C(C)C)cc(C(N)CCC(=O)O)cc1C(C)C. The summed E-state index contributed by atoms with van der Waals surface area (Å²) < 4.78 is 5.60. The Labute approximate surface area is 127 Å². The van der Waals surface area contributed by atoms with Crippen LogP contribution in [0.15, 0.2) is 12.1 Å². The highest BCUT2D eigenvalue weighted by atomic mass is 16.5. The van der Waals surface area contributed by atoms with Crippen molar-refractivity contribution >= 4 is 5.97 Å². The van der Waals surface area contributed by atoms with Crippen LogP contribution in [-0.4, -0.2) is 18.2 Å². The molecule has 0 aliphatic heterocycles. The molecule has 1 aromatic carbocycles. The van der Waals surface area contributed by atoms with E-state index < -0.39 is 5.97 Å². The van der Waals surface area contributed by atoms with Crippen molar-refractivity contribution < 1.29 is 14.6 Å². The molecule has 0 aromatic heterocycles. The van der Waals surface area contributed by atoms with Crippen molar-refractivity contribution in [2.24, 2.45) is 5.73 Å². The number of methoxy groups -OCH3 is 1. The molecular formula is C17H27NO3. The van der Waals surface area contributed by atoms with Gasteiger partial charge in [0.05, 0.1) is 7.11 Å². The molecular weight excluding hydrogens is 266 g/mol. The fraction of sp³-hybridized carbons (Fsp3) is 0.588. The number of carbonyl (C=O) groups is 1. The van der Waals surface area contributed by atoms with Gasteiger partial charge in [0, 0.05) is 12.5 Å². The lowest BCUT2D eigenvalue weighted by atomic mass is 9.88. The van der Waals surface area contributed by atoms with Crippen molar-refractivity contribution in [1.29, 1.82) is 0 Å². The molecule has 0 bridgehead atoms. The number of nitrogens with two attached hydrogens (primary N) is 1. The summed E-state index contributed by atoms with van der Waals surface area (Å²) in [7, 11) is 1.69. The Morgan fingerprint density at radius 3 is 2.00 bits per heavy atom. The van der Waals surface area contributed by atoms with Gasteiger partial charge < -0.3 is 15.6 Å². The van der Waals surface area contributed by atoms with E-state index in [4.69, 9.17) is 15.6 Å². The van der Waals surface area contributed by atoms with Gasteiger partial charge in [-0.1, -0.05) is 39.8 Å². The van der Waals surface area contributed by atoms with Gasteiger partial charge in [0.1, 0.15) is 5.75 Å². The van der Waals surface area contributed by atoms with Crippen molar-refractivity contribution in [3.63, 3.8) is 0 Å². The van der Waals surface area contributed by atoms with Crippen LogP contribution in [0.1, 0.15) is 75.1 Å². The maximum absolute atomic E-state index is 10.7. The maximum atomic E-state index is 10.7. The number of carboxylic acids is 1. The molecule has 0 amide bonds. The summed E-state index contributed by atoms with van der Waals surface area (Å²) in [6, 6.07) is 3.85. The largest absolute Gasteiger partial charge is 0.496 e. The fourth-order valence-electron chi connectivity index (χ4n) is 2.45. The molecule has 0 aliphatic rings. The number of ether oxygens (including phenoxy) is 1. The van der Waals surface area contributed by atoms with E-state index in [1.165, 1.54) is 0 Å². The van der Waals surface area contributed by atoms with Crippen LogP contribution in [0.3, 0.4) is 0 Å². The van der Waals surface area contributed by atoms with Crippen LogP contribution in [0.4, 0.5) is 0 Å². The molecule has 0 aliphatic carbocycles. The molecule has 4 heteroatoms. The molecule has 1 rings (SSSR count). The summed E-state index contributed by atoms with van der Waals surface area (Å²) in [5, 5.41) is 8.80. The monoisotopic (exact) mass is 293 g/mol. The summed E-state index contributed by atoms with van der Waals surface area (Å²) in [4.78, 5) is 10.7. The molecule has 118 valence electrons. The predicted octanol–water partition coefficient (Wildman–Crippen LogP) is 3.81. The van der Waals surface area contributed by atoms with E-state index in [1.807, 2.05) is 0 Å². The topological polar surface area (TPSA) is 72.5 Å². The molecule has 1 atom stereocenters. The van der Waals surface area contributed by atoms with Crippen LogP contribution in [0, 0.1) is 0 Å². The van der Waals surface area contributed by atoms with Gasteiger partial charge in [-0.15, -0.1) is 0 Å². The normalized spacial score (nSPS) is 12.8. The summed E-state index contributed by atoms with van der Waals surface area (Å²) >= 11 is 0. The zero-order valence-electron chi connectivity index (χ0n) is 13.6. The minimum Gasteiger partial charge on any atom is -0.496 e. The average Bonchev–Trinajstić information content (AvgIpc) is 2.42. The molecule has 0 fully saturated rings. The molecule has 3 N–H and O–H groups in total.